The van der Waals surface area contributed by atoms with E-state index in [1.165, 1.54) is 7.11 Å². The Labute approximate surface area is 176 Å². The van der Waals surface area contributed by atoms with E-state index in [9.17, 15) is 9.90 Å². The van der Waals surface area contributed by atoms with Crippen LogP contribution in [-0.2, 0) is 11.3 Å². The van der Waals surface area contributed by atoms with Gasteiger partial charge in [-0.3, -0.25) is 4.90 Å². The van der Waals surface area contributed by atoms with Gasteiger partial charge in [0.1, 0.15) is 17.1 Å². The van der Waals surface area contributed by atoms with Gasteiger partial charge >= 0.3 is 5.97 Å². The fraction of sp³-hybridized carbons (Fsp3) is 0.292. The molecule has 0 radical (unpaired) electrons. The number of carbonyl (C=O) groups is 1. The van der Waals surface area contributed by atoms with E-state index in [0.717, 1.165) is 54.0 Å². The number of rotatable bonds is 5. The molecule has 0 unspecified atom stereocenters. The van der Waals surface area contributed by atoms with Gasteiger partial charge in [-0.05, 0) is 29.0 Å². The zero-order valence-electron chi connectivity index (χ0n) is 17.3. The Morgan fingerprint density at radius 3 is 2.43 bits per heavy atom. The molecular weight excluding hydrogens is 380 g/mol. The van der Waals surface area contributed by atoms with Gasteiger partial charge in [-0.1, -0.05) is 36.4 Å². The van der Waals surface area contributed by atoms with E-state index in [1.54, 1.807) is 13.2 Å². The monoisotopic (exact) mass is 406 g/mol. The Bertz CT molecular complexity index is 1060. The van der Waals surface area contributed by atoms with Crippen LogP contribution in [0.5, 0.6) is 11.5 Å². The maximum absolute atomic E-state index is 12.2. The predicted octanol–water partition coefficient (Wildman–Crippen LogP) is 3.66. The van der Waals surface area contributed by atoms with Crippen molar-refractivity contribution in [2.24, 2.45) is 0 Å². The summed E-state index contributed by atoms with van der Waals surface area (Å²) < 4.78 is 10.4. The molecule has 1 N–H and O–H groups in total. The highest BCUT2D eigenvalue weighted by molar-refractivity contribution is 6.00. The van der Waals surface area contributed by atoms with Gasteiger partial charge in [-0.25, -0.2) is 4.79 Å². The number of anilines is 1. The average molecular weight is 406 g/mol. The average Bonchev–Trinajstić information content (AvgIpc) is 2.80. The first kappa shape index (κ1) is 20.0. The van der Waals surface area contributed by atoms with E-state index in [4.69, 9.17) is 9.47 Å². The first-order chi connectivity index (χ1) is 14.6. The van der Waals surface area contributed by atoms with Crippen molar-refractivity contribution in [1.82, 2.24) is 4.90 Å². The summed E-state index contributed by atoms with van der Waals surface area (Å²) in [6.07, 6.45) is 0. The fourth-order valence-electron chi connectivity index (χ4n) is 4.10. The van der Waals surface area contributed by atoms with E-state index in [0.29, 0.717) is 6.54 Å². The van der Waals surface area contributed by atoms with Gasteiger partial charge in [0, 0.05) is 38.3 Å². The Hall–Kier alpha value is -3.25. The number of ether oxygens (including phenoxy) is 2. The molecule has 1 aliphatic heterocycles. The molecule has 0 saturated carbocycles. The number of aromatic hydroxyl groups is 1. The van der Waals surface area contributed by atoms with Crippen LogP contribution in [0.4, 0.5) is 5.69 Å². The van der Waals surface area contributed by atoms with Gasteiger partial charge in [0.2, 0.25) is 0 Å². The van der Waals surface area contributed by atoms with Crippen LogP contribution in [0.25, 0.3) is 10.8 Å². The predicted molar refractivity (Wildman–Crippen MR) is 117 cm³/mol. The Morgan fingerprint density at radius 1 is 1.00 bits per heavy atom. The van der Waals surface area contributed by atoms with Crippen molar-refractivity contribution in [2.75, 3.05) is 45.3 Å². The van der Waals surface area contributed by atoms with Crippen LogP contribution in [-0.4, -0.2) is 56.4 Å². The molecule has 30 heavy (non-hydrogen) atoms. The number of carbonyl (C=O) groups excluding carboxylic acids is 1. The summed E-state index contributed by atoms with van der Waals surface area (Å²) in [4.78, 5) is 16.8. The highest BCUT2D eigenvalue weighted by atomic mass is 16.5. The first-order valence-corrected chi connectivity index (χ1v) is 10.0. The SMILES string of the molecule is COC(=O)c1cc2ccccc2c(CN2CCN(c3ccccc3OC)CC2)c1O. The zero-order valence-corrected chi connectivity index (χ0v) is 17.3. The number of hydrogen-bond acceptors (Lipinski definition) is 6. The van der Waals surface area contributed by atoms with E-state index in [-0.39, 0.29) is 11.3 Å². The third kappa shape index (κ3) is 3.78. The topological polar surface area (TPSA) is 62.2 Å². The second-order valence-corrected chi connectivity index (χ2v) is 7.40. The van der Waals surface area contributed by atoms with Crippen LogP contribution < -0.4 is 9.64 Å². The largest absolute Gasteiger partial charge is 0.507 e. The van der Waals surface area contributed by atoms with Gasteiger partial charge in [0.05, 0.1) is 19.9 Å². The summed E-state index contributed by atoms with van der Waals surface area (Å²) in [7, 11) is 3.02. The van der Waals surface area contributed by atoms with E-state index in [2.05, 4.69) is 15.9 Å². The fourth-order valence-corrected chi connectivity index (χ4v) is 4.10. The normalized spacial score (nSPS) is 14.7. The van der Waals surface area contributed by atoms with E-state index < -0.39 is 5.97 Å². The van der Waals surface area contributed by atoms with Gasteiger partial charge in [-0.2, -0.15) is 0 Å². The lowest BCUT2D eigenvalue weighted by Gasteiger charge is -2.37. The van der Waals surface area contributed by atoms with E-state index in [1.807, 2.05) is 42.5 Å². The molecule has 1 saturated heterocycles. The molecule has 0 atom stereocenters. The molecule has 0 bridgehead atoms. The summed E-state index contributed by atoms with van der Waals surface area (Å²) >= 11 is 0. The molecule has 156 valence electrons. The summed E-state index contributed by atoms with van der Waals surface area (Å²) in [5, 5.41) is 12.7. The molecule has 6 nitrogen and oxygen atoms in total. The lowest BCUT2D eigenvalue weighted by Crippen LogP contribution is -2.46. The van der Waals surface area contributed by atoms with E-state index >= 15 is 0 Å². The molecule has 1 aliphatic rings. The molecule has 0 spiro atoms. The van der Waals surface area contributed by atoms with Gasteiger partial charge < -0.3 is 19.5 Å². The second kappa shape index (κ2) is 8.63. The van der Waals surface area contributed by atoms with Gasteiger partial charge in [0.15, 0.2) is 0 Å². The Kier molecular flexibility index (Phi) is 5.77. The van der Waals surface area contributed by atoms with Gasteiger partial charge in [0.25, 0.3) is 0 Å². The maximum Gasteiger partial charge on any atom is 0.341 e. The first-order valence-electron chi connectivity index (χ1n) is 10.0. The van der Waals surface area contributed by atoms with Crippen molar-refractivity contribution in [3.63, 3.8) is 0 Å². The molecule has 1 fully saturated rings. The maximum atomic E-state index is 12.2. The van der Waals surface area contributed by atoms with Crippen LogP contribution in [0, 0.1) is 0 Å². The quantitative estimate of drug-likeness (QED) is 0.653. The molecule has 0 amide bonds. The van der Waals surface area contributed by atoms with Gasteiger partial charge in [-0.15, -0.1) is 0 Å². The smallest absolute Gasteiger partial charge is 0.341 e. The van der Waals surface area contributed by atoms with Crippen LogP contribution in [0.15, 0.2) is 54.6 Å². The Morgan fingerprint density at radius 2 is 1.70 bits per heavy atom. The van der Waals surface area contributed by atoms with Crippen LogP contribution in [0.2, 0.25) is 0 Å². The van der Waals surface area contributed by atoms with Crippen molar-refractivity contribution in [2.45, 2.75) is 6.54 Å². The summed E-state index contributed by atoms with van der Waals surface area (Å²) in [5.74, 6) is 0.355. The summed E-state index contributed by atoms with van der Waals surface area (Å²) in [5.41, 5.74) is 2.07. The lowest BCUT2D eigenvalue weighted by atomic mass is 9.98. The minimum atomic E-state index is -0.527. The van der Waals surface area contributed by atoms with Crippen LogP contribution in [0.3, 0.4) is 0 Å². The third-order valence-electron chi connectivity index (χ3n) is 5.71. The van der Waals surface area contributed by atoms with Crippen molar-refractivity contribution in [3.05, 3.63) is 65.7 Å². The number of para-hydroxylation sites is 2. The number of piperazine rings is 1. The number of benzene rings is 3. The zero-order chi connectivity index (χ0) is 21.1. The Balaban J connectivity index is 1.57. The molecule has 0 aliphatic carbocycles. The molecule has 6 heteroatoms. The number of nitrogens with zero attached hydrogens (tertiary/aromatic N) is 2. The number of phenols is 1. The minimum absolute atomic E-state index is 0.00714. The standard InChI is InChI=1S/C24H26N2O4/c1-29-22-10-6-5-9-21(22)26-13-11-25(12-14-26)16-20-18-8-4-3-7-17(18)15-19(23(20)27)24(28)30-2/h3-10,15,27H,11-14,16H2,1-2H3. The molecule has 3 aromatic rings. The highest BCUT2D eigenvalue weighted by Gasteiger charge is 2.23. The van der Waals surface area contributed by atoms with Crippen molar-refractivity contribution in [3.8, 4) is 11.5 Å². The number of fused-ring (bicyclic) bond motifs is 1. The number of phenolic OH excluding ortho intramolecular Hbond substituents is 1. The van der Waals surface area contributed by atoms with Crippen molar-refractivity contribution < 1.29 is 19.4 Å². The summed E-state index contributed by atoms with van der Waals surface area (Å²) in [6.45, 7) is 3.96. The molecule has 1 heterocycles. The number of methoxy groups -OCH3 is 2. The molecular formula is C24H26N2O4. The second-order valence-electron chi connectivity index (χ2n) is 7.40. The highest BCUT2D eigenvalue weighted by Crippen LogP contribution is 2.34. The third-order valence-corrected chi connectivity index (χ3v) is 5.71. The summed E-state index contributed by atoms with van der Waals surface area (Å²) in [6, 6.07) is 17.5. The molecule has 3 aromatic carbocycles. The van der Waals surface area contributed by atoms with Crippen molar-refractivity contribution in [1.29, 1.82) is 0 Å². The number of esters is 1. The lowest BCUT2D eigenvalue weighted by molar-refractivity contribution is 0.0597. The van der Waals surface area contributed by atoms with Crippen LogP contribution >= 0.6 is 0 Å². The van der Waals surface area contributed by atoms with Crippen LogP contribution in [0.1, 0.15) is 15.9 Å². The minimum Gasteiger partial charge on any atom is -0.507 e. The molecule has 0 aromatic heterocycles. The molecule has 4 rings (SSSR count). The van der Waals surface area contributed by atoms with Crippen molar-refractivity contribution >= 4 is 22.4 Å². The number of hydrogen-bond donors (Lipinski definition) is 1.